The Morgan fingerprint density at radius 1 is 0.833 bits per heavy atom. The van der Waals surface area contributed by atoms with E-state index in [1.807, 2.05) is 28.9 Å². The Kier molecular flexibility index (Phi) is 8.39. The highest BCUT2D eigenvalue weighted by Crippen LogP contribution is 2.27. The zero-order chi connectivity index (χ0) is 25.4. The Labute approximate surface area is 214 Å². The van der Waals surface area contributed by atoms with Crippen LogP contribution in [0.2, 0.25) is 0 Å². The van der Waals surface area contributed by atoms with Gasteiger partial charge in [0.2, 0.25) is 0 Å². The van der Waals surface area contributed by atoms with Crippen molar-refractivity contribution in [1.82, 2.24) is 20.1 Å². The van der Waals surface area contributed by atoms with Gasteiger partial charge in [0.15, 0.2) is 0 Å². The Morgan fingerprint density at radius 3 is 2.22 bits per heavy atom. The number of aromatic nitrogens is 3. The van der Waals surface area contributed by atoms with E-state index in [4.69, 9.17) is 5.10 Å². The summed E-state index contributed by atoms with van der Waals surface area (Å²) in [4.78, 5) is 4.14. The quantitative estimate of drug-likeness (QED) is 0.230. The first-order valence-electron chi connectivity index (χ1n) is 12.7. The highest BCUT2D eigenvalue weighted by molar-refractivity contribution is 5.64. The van der Waals surface area contributed by atoms with E-state index in [0.717, 1.165) is 61.7 Å². The minimum Gasteiger partial charge on any atom is -0.508 e. The van der Waals surface area contributed by atoms with E-state index in [1.54, 1.807) is 24.5 Å². The molecule has 0 atom stereocenters. The molecule has 0 aliphatic heterocycles. The van der Waals surface area contributed by atoms with Gasteiger partial charge < -0.3 is 15.7 Å². The molecule has 0 aliphatic rings. The van der Waals surface area contributed by atoms with Crippen LogP contribution in [0.1, 0.15) is 44.7 Å². The summed E-state index contributed by atoms with van der Waals surface area (Å²) in [6, 6.07) is 22.2. The summed E-state index contributed by atoms with van der Waals surface area (Å²) in [6.07, 6.45) is 6.71. The van der Waals surface area contributed by atoms with Crippen molar-refractivity contribution in [3.63, 3.8) is 0 Å². The van der Waals surface area contributed by atoms with E-state index < -0.39 is 0 Å². The molecule has 4 aromatic rings. The van der Waals surface area contributed by atoms with E-state index in [0.29, 0.717) is 5.75 Å². The molecule has 0 saturated carbocycles. The fraction of sp³-hybridized carbons (Fsp3) is 0.333. The number of unbranched alkanes of at least 4 members (excludes halogenated alkanes) is 1. The third-order valence-corrected chi connectivity index (χ3v) is 6.28. The monoisotopic (exact) mass is 483 g/mol. The summed E-state index contributed by atoms with van der Waals surface area (Å²) in [5.41, 5.74) is 5.67. The Hall–Kier alpha value is -3.64. The first kappa shape index (κ1) is 25.5. The van der Waals surface area contributed by atoms with Crippen molar-refractivity contribution in [3.8, 4) is 22.7 Å². The van der Waals surface area contributed by atoms with Crippen molar-refractivity contribution >= 4 is 5.82 Å². The predicted molar refractivity (Wildman–Crippen MR) is 148 cm³/mol. The van der Waals surface area contributed by atoms with E-state index >= 15 is 0 Å². The standard InChI is InChI=1S/C30H37N5O/c1-30(2,3)25-8-10-26(11-9-25)35-29(22-28(34-35)24-15-20-32-21-16-24)33-18-5-4-17-31-19-14-23-6-12-27(36)13-7-23/h6-13,15-16,20-22,31,33,36H,4-5,14,17-19H2,1-3H3. The highest BCUT2D eigenvalue weighted by atomic mass is 16.3. The SMILES string of the molecule is CC(C)(C)c1ccc(-n2nc(-c3ccncc3)cc2NCCCCNCCc2ccc(O)cc2)cc1. The molecule has 0 bridgehead atoms. The van der Waals surface area contributed by atoms with Gasteiger partial charge in [-0.3, -0.25) is 4.98 Å². The topological polar surface area (TPSA) is 75.0 Å². The normalized spacial score (nSPS) is 11.5. The van der Waals surface area contributed by atoms with E-state index in [-0.39, 0.29) is 5.41 Å². The molecule has 0 radical (unpaired) electrons. The van der Waals surface area contributed by atoms with Crippen LogP contribution in [0.4, 0.5) is 5.82 Å². The summed E-state index contributed by atoms with van der Waals surface area (Å²) in [5, 5.41) is 21.4. The van der Waals surface area contributed by atoms with Gasteiger partial charge in [0.25, 0.3) is 0 Å². The fourth-order valence-electron chi connectivity index (χ4n) is 4.08. The summed E-state index contributed by atoms with van der Waals surface area (Å²) in [7, 11) is 0. The van der Waals surface area contributed by atoms with E-state index in [1.165, 1.54) is 11.1 Å². The lowest BCUT2D eigenvalue weighted by Gasteiger charge is -2.19. The fourth-order valence-corrected chi connectivity index (χ4v) is 4.08. The second-order valence-corrected chi connectivity index (χ2v) is 10.2. The lowest BCUT2D eigenvalue weighted by molar-refractivity contribution is 0.475. The second-order valence-electron chi connectivity index (χ2n) is 10.2. The van der Waals surface area contributed by atoms with Crippen LogP contribution >= 0.6 is 0 Å². The average Bonchev–Trinajstić information content (AvgIpc) is 3.31. The number of rotatable bonds is 11. The van der Waals surface area contributed by atoms with Crippen LogP contribution in [0, 0.1) is 0 Å². The van der Waals surface area contributed by atoms with Crippen LogP contribution in [0.25, 0.3) is 16.9 Å². The number of hydrogen-bond acceptors (Lipinski definition) is 5. The first-order chi connectivity index (χ1) is 17.4. The minimum absolute atomic E-state index is 0.115. The number of phenolic OH excluding ortho intramolecular Hbond substituents is 1. The van der Waals surface area contributed by atoms with Crippen molar-refractivity contribution in [2.24, 2.45) is 0 Å². The van der Waals surface area contributed by atoms with Gasteiger partial charge >= 0.3 is 0 Å². The summed E-state index contributed by atoms with van der Waals surface area (Å²) < 4.78 is 2.00. The number of benzene rings is 2. The molecule has 3 N–H and O–H groups in total. The predicted octanol–water partition coefficient (Wildman–Crippen LogP) is 5.96. The number of anilines is 1. The van der Waals surface area contributed by atoms with Crippen LogP contribution in [-0.4, -0.2) is 39.5 Å². The maximum atomic E-state index is 9.38. The number of nitrogens with one attached hydrogen (secondary N) is 2. The third kappa shape index (κ3) is 6.95. The highest BCUT2D eigenvalue weighted by Gasteiger charge is 2.15. The number of pyridine rings is 1. The molecule has 4 rings (SSSR count). The van der Waals surface area contributed by atoms with Crippen LogP contribution < -0.4 is 10.6 Å². The van der Waals surface area contributed by atoms with Crippen LogP contribution in [0.3, 0.4) is 0 Å². The molecule has 6 heteroatoms. The molecule has 36 heavy (non-hydrogen) atoms. The molecule has 188 valence electrons. The number of hydrogen-bond donors (Lipinski definition) is 3. The molecule has 0 spiro atoms. The molecule has 0 fully saturated rings. The summed E-state index contributed by atoms with van der Waals surface area (Å²) in [6.45, 7) is 9.48. The van der Waals surface area contributed by atoms with Crippen molar-refractivity contribution in [1.29, 1.82) is 0 Å². The summed E-state index contributed by atoms with van der Waals surface area (Å²) in [5.74, 6) is 1.31. The molecular weight excluding hydrogens is 446 g/mol. The summed E-state index contributed by atoms with van der Waals surface area (Å²) >= 11 is 0. The van der Waals surface area contributed by atoms with Crippen molar-refractivity contribution in [3.05, 3.63) is 90.3 Å². The van der Waals surface area contributed by atoms with Gasteiger partial charge in [-0.1, -0.05) is 45.0 Å². The average molecular weight is 484 g/mol. The van der Waals surface area contributed by atoms with Crippen molar-refractivity contribution < 1.29 is 5.11 Å². The third-order valence-electron chi connectivity index (χ3n) is 6.28. The van der Waals surface area contributed by atoms with Gasteiger partial charge in [0, 0.05) is 30.6 Å². The van der Waals surface area contributed by atoms with Gasteiger partial charge in [-0.2, -0.15) is 5.10 Å². The second kappa shape index (κ2) is 11.9. The molecule has 2 heterocycles. The molecule has 0 saturated heterocycles. The molecule has 0 unspecified atom stereocenters. The van der Waals surface area contributed by atoms with E-state index in [2.05, 4.69) is 66.7 Å². The zero-order valence-electron chi connectivity index (χ0n) is 21.5. The van der Waals surface area contributed by atoms with Gasteiger partial charge in [-0.15, -0.1) is 0 Å². The van der Waals surface area contributed by atoms with Crippen molar-refractivity contribution in [2.45, 2.75) is 45.4 Å². The van der Waals surface area contributed by atoms with Crippen LogP contribution in [0.15, 0.2) is 79.1 Å². The largest absolute Gasteiger partial charge is 0.508 e. The lowest BCUT2D eigenvalue weighted by Crippen LogP contribution is -2.19. The van der Waals surface area contributed by atoms with Crippen LogP contribution in [0.5, 0.6) is 5.75 Å². The smallest absolute Gasteiger partial charge is 0.130 e. The van der Waals surface area contributed by atoms with E-state index in [9.17, 15) is 5.11 Å². The Balaban J connectivity index is 1.33. The molecule has 6 nitrogen and oxygen atoms in total. The maximum absolute atomic E-state index is 9.38. The van der Waals surface area contributed by atoms with Gasteiger partial charge in [0.05, 0.1) is 11.4 Å². The molecule has 2 aromatic heterocycles. The molecular formula is C30H37N5O. The number of aromatic hydroxyl groups is 1. The minimum atomic E-state index is 0.115. The lowest BCUT2D eigenvalue weighted by atomic mass is 9.87. The number of phenols is 1. The van der Waals surface area contributed by atoms with Gasteiger partial charge in [0.1, 0.15) is 11.6 Å². The van der Waals surface area contributed by atoms with Crippen molar-refractivity contribution in [2.75, 3.05) is 25.0 Å². The molecule has 2 aromatic carbocycles. The molecule has 0 aliphatic carbocycles. The Morgan fingerprint density at radius 2 is 1.53 bits per heavy atom. The van der Waals surface area contributed by atoms with Crippen LogP contribution in [-0.2, 0) is 11.8 Å². The van der Waals surface area contributed by atoms with Gasteiger partial charge in [-0.25, -0.2) is 4.68 Å². The molecule has 0 amide bonds. The van der Waals surface area contributed by atoms with Gasteiger partial charge in [-0.05, 0) is 85.3 Å². The Bertz CT molecular complexity index is 1210. The number of nitrogens with zero attached hydrogens (tertiary/aromatic N) is 3. The first-order valence-corrected chi connectivity index (χ1v) is 12.7. The maximum Gasteiger partial charge on any atom is 0.130 e. The zero-order valence-corrected chi connectivity index (χ0v) is 21.5.